The van der Waals surface area contributed by atoms with Crippen LogP contribution in [0.5, 0.6) is 11.5 Å². The number of benzene rings is 1. The molecule has 0 heterocycles. The second kappa shape index (κ2) is 8.90. The molecule has 0 aliphatic carbocycles. The van der Waals surface area contributed by atoms with E-state index in [9.17, 15) is 19.8 Å². The van der Waals surface area contributed by atoms with E-state index in [1.807, 2.05) is 34.6 Å². The van der Waals surface area contributed by atoms with Crippen LogP contribution in [-0.2, 0) is 20.4 Å². The molecule has 152 valence electrons. The minimum Gasteiger partial charge on any atom is -0.508 e. The molecule has 4 nitrogen and oxygen atoms in total. The van der Waals surface area contributed by atoms with Gasteiger partial charge in [-0.25, -0.2) is 0 Å². The quantitative estimate of drug-likeness (QED) is 0.530. The fourth-order valence-corrected chi connectivity index (χ4v) is 3.98. The normalized spacial score (nSPS) is 12.3. The second-order valence-electron chi connectivity index (χ2n) is 9.17. The SMILES string of the molecule is CC(=O)CCCC(C)(C)c1cc(O)c(C(C)(C)CCCC(C)=O)c(C)c1O. The van der Waals surface area contributed by atoms with E-state index in [0.717, 1.165) is 31.2 Å². The van der Waals surface area contributed by atoms with Crippen LogP contribution in [0.4, 0.5) is 0 Å². The molecule has 0 aliphatic heterocycles. The van der Waals surface area contributed by atoms with Gasteiger partial charge in [0, 0.05) is 24.0 Å². The van der Waals surface area contributed by atoms with Crippen molar-refractivity contribution in [1.29, 1.82) is 0 Å². The molecule has 0 bridgehead atoms. The second-order valence-corrected chi connectivity index (χ2v) is 9.17. The zero-order valence-electron chi connectivity index (χ0n) is 18.0. The van der Waals surface area contributed by atoms with Gasteiger partial charge >= 0.3 is 0 Å². The molecule has 1 aromatic carbocycles. The number of carbonyl (C=O) groups is 2. The van der Waals surface area contributed by atoms with E-state index in [-0.39, 0.29) is 33.9 Å². The Hall–Kier alpha value is -1.84. The number of Topliss-reactive ketones (excluding diaryl/α,β-unsaturated/α-hetero) is 2. The van der Waals surface area contributed by atoms with Crippen LogP contribution in [0, 0.1) is 6.92 Å². The van der Waals surface area contributed by atoms with Crippen LogP contribution in [0.1, 0.15) is 96.8 Å². The number of rotatable bonds is 10. The van der Waals surface area contributed by atoms with Gasteiger partial charge < -0.3 is 19.8 Å². The van der Waals surface area contributed by atoms with Crippen molar-refractivity contribution in [2.75, 3.05) is 0 Å². The first kappa shape index (κ1) is 23.2. The molecule has 4 heteroatoms. The Bertz CT molecular complexity index is 699. The van der Waals surface area contributed by atoms with Crippen LogP contribution in [-0.4, -0.2) is 21.8 Å². The number of phenols is 2. The van der Waals surface area contributed by atoms with Crippen LogP contribution < -0.4 is 0 Å². The summed E-state index contributed by atoms with van der Waals surface area (Å²) in [6, 6.07) is 1.68. The summed E-state index contributed by atoms with van der Waals surface area (Å²) in [6.07, 6.45) is 4.05. The fourth-order valence-electron chi connectivity index (χ4n) is 3.98. The maximum atomic E-state index is 11.2. The summed E-state index contributed by atoms with van der Waals surface area (Å²) in [5.74, 6) is 0.733. The third-order valence-electron chi connectivity index (χ3n) is 5.59. The predicted octanol–water partition coefficient (Wildman–Crippen LogP) is 5.48. The third-order valence-corrected chi connectivity index (χ3v) is 5.59. The molecule has 0 aromatic heterocycles. The first-order valence-electron chi connectivity index (χ1n) is 9.85. The van der Waals surface area contributed by atoms with Crippen molar-refractivity contribution in [3.05, 3.63) is 22.8 Å². The summed E-state index contributed by atoms with van der Waals surface area (Å²) in [7, 11) is 0. The monoisotopic (exact) mass is 376 g/mol. The van der Waals surface area contributed by atoms with E-state index < -0.39 is 0 Å². The van der Waals surface area contributed by atoms with Gasteiger partial charge in [0.15, 0.2) is 0 Å². The van der Waals surface area contributed by atoms with E-state index >= 15 is 0 Å². The highest BCUT2D eigenvalue weighted by atomic mass is 16.3. The lowest BCUT2D eigenvalue weighted by Gasteiger charge is -2.32. The van der Waals surface area contributed by atoms with Crippen molar-refractivity contribution < 1.29 is 19.8 Å². The topological polar surface area (TPSA) is 74.6 Å². The molecule has 0 aliphatic rings. The molecule has 0 atom stereocenters. The van der Waals surface area contributed by atoms with Gasteiger partial charge in [0.1, 0.15) is 23.1 Å². The molecule has 27 heavy (non-hydrogen) atoms. The Kier molecular flexibility index (Phi) is 7.65. The molecular weight excluding hydrogens is 340 g/mol. The third kappa shape index (κ3) is 6.08. The fraction of sp³-hybridized carbons (Fsp3) is 0.652. The molecule has 0 fully saturated rings. The van der Waals surface area contributed by atoms with Crippen molar-refractivity contribution >= 4 is 11.6 Å². The van der Waals surface area contributed by atoms with Gasteiger partial charge in [-0.3, -0.25) is 0 Å². The van der Waals surface area contributed by atoms with E-state index in [1.165, 1.54) is 0 Å². The van der Waals surface area contributed by atoms with Gasteiger partial charge in [-0.05, 0) is 68.9 Å². The first-order valence-corrected chi connectivity index (χ1v) is 9.85. The largest absolute Gasteiger partial charge is 0.508 e. The summed E-state index contributed by atoms with van der Waals surface area (Å²) in [6.45, 7) is 13.1. The highest BCUT2D eigenvalue weighted by Gasteiger charge is 2.32. The first-order chi connectivity index (χ1) is 12.3. The molecule has 0 saturated heterocycles. The average Bonchev–Trinajstić information content (AvgIpc) is 2.49. The predicted molar refractivity (Wildman–Crippen MR) is 110 cm³/mol. The Morgan fingerprint density at radius 1 is 0.889 bits per heavy atom. The van der Waals surface area contributed by atoms with Gasteiger partial charge in [-0.15, -0.1) is 0 Å². The van der Waals surface area contributed by atoms with Gasteiger partial charge in [-0.2, -0.15) is 0 Å². The Labute approximate surface area is 164 Å². The highest BCUT2D eigenvalue weighted by Crippen LogP contribution is 2.46. The maximum Gasteiger partial charge on any atom is 0.129 e. The van der Waals surface area contributed by atoms with Crippen molar-refractivity contribution in [3.63, 3.8) is 0 Å². The lowest BCUT2D eigenvalue weighted by Crippen LogP contribution is -2.22. The number of carbonyl (C=O) groups excluding carboxylic acids is 2. The zero-order chi connectivity index (χ0) is 21.0. The smallest absolute Gasteiger partial charge is 0.129 e. The van der Waals surface area contributed by atoms with E-state index in [0.29, 0.717) is 24.0 Å². The summed E-state index contributed by atoms with van der Waals surface area (Å²) in [4.78, 5) is 22.4. The number of ketones is 2. The van der Waals surface area contributed by atoms with Crippen LogP contribution in [0.15, 0.2) is 6.07 Å². The van der Waals surface area contributed by atoms with Crippen molar-refractivity contribution in [3.8, 4) is 11.5 Å². The molecule has 2 N–H and O–H groups in total. The molecule has 0 spiro atoms. The molecule has 0 amide bonds. The number of hydrogen-bond donors (Lipinski definition) is 2. The number of hydrogen-bond acceptors (Lipinski definition) is 4. The summed E-state index contributed by atoms with van der Waals surface area (Å²) in [5.41, 5.74) is 1.45. The Morgan fingerprint density at radius 2 is 1.33 bits per heavy atom. The average molecular weight is 377 g/mol. The minimum absolute atomic E-state index is 0.164. The number of phenolic OH excluding ortho intramolecular Hbond substituents is 2. The van der Waals surface area contributed by atoms with Crippen LogP contribution in [0.25, 0.3) is 0 Å². The highest BCUT2D eigenvalue weighted by molar-refractivity contribution is 5.75. The molecule has 1 aromatic rings. The molecular formula is C23H36O4. The van der Waals surface area contributed by atoms with Gasteiger partial charge in [-0.1, -0.05) is 27.7 Å². The van der Waals surface area contributed by atoms with Crippen LogP contribution in [0.2, 0.25) is 0 Å². The van der Waals surface area contributed by atoms with Crippen molar-refractivity contribution in [2.24, 2.45) is 0 Å². The zero-order valence-corrected chi connectivity index (χ0v) is 18.0. The lowest BCUT2D eigenvalue weighted by atomic mass is 9.73. The van der Waals surface area contributed by atoms with Gasteiger partial charge in [0.2, 0.25) is 0 Å². The van der Waals surface area contributed by atoms with E-state index in [4.69, 9.17) is 0 Å². The summed E-state index contributed by atoms with van der Waals surface area (Å²) < 4.78 is 0. The van der Waals surface area contributed by atoms with Crippen molar-refractivity contribution in [2.45, 2.75) is 97.8 Å². The Balaban J connectivity index is 3.18. The summed E-state index contributed by atoms with van der Waals surface area (Å²) in [5, 5.41) is 21.7. The van der Waals surface area contributed by atoms with Crippen molar-refractivity contribution in [1.82, 2.24) is 0 Å². The number of aromatic hydroxyl groups is 2. The lowest BCUT2D eigenvalue weighted by molar-refractivity contribution is -0.118. The molecule has 1 rings (SSSR count). The maximum absolute atomic E-state index is 11.2. The Morgan fingerprint density at radius 3 is 1.78 bits per heavy atom. The van der Waals surface area contributed by atoms with E-state index in [2.05, 4.69) is 0 Å². The molecule has 0 unspecified atom stereocenters. The van der Waals surface area contributed by atoms with Crippen LogP contribution >= 0.6 is 0 Å². The van der Waals surface area contributed by atoms with E-state index in [1.54, 1.807) is 19.9 Å². The summed E-state index contributed by atoms with van der Waals surface area (Å²) >= 11 is 0. The molecule has 0 radical (unpaired) electrons. The minimum atomic E-state index is -0.349. The molecule has 0 saturated carbocycles. The van der Waals surface area contributed by atoms with Gasteiger partial charge in [0.05, 0.1) is 0 Å². The standard InChI is InChI=1S/C23H36O4/c1-15(24)10-8-12-22(4,5)18-14-19(26)20(17(3)21(18)27)23(6,7)13-9-11-16(2)25/h14,26-27H,8-13H2,1-7H3. The van der Waals surface area contributed by atoms with Gasteiger partial charge in [0.25, 0.3) is 0 Å². The van der Waals surface area contributed by atoms with Crippen LogP contribution in [0.3, 0.4) is 0 Å².